The van der Waals surface area contributed by atoms with E-state index in [9.17, 15) is 9.59 Å². The van der Waals surface area contributed by atoms with Gasteiger partial charge in [0.05, 0.1) is 0 Å². The lowest BCUT2D eigenvalue weighted by Crippen LogP contribution is -2.22. The van der Waals surface area contributed by atoms with E-state index in [1.54, 1.807) is 6.07 Å². The van der Waals surface area contributed by atoms with E-state index in [4.69, 9.17) is 0 Å². The van der Waals surface area contributed by atoms with Crippen LogP contribution in [0.4, 0.5) is 5.69 Å². The van der Waals surface area contributed by atoms with Crippen molar-refractivity contribution in [1.82, 2.24) is 9.55 Å². The number of aromatic nitrogens is 2. The van der Waals surface area contributed by atoms with Crippen molar-refractivity contribution in [3.63, 3.8) is 0 Å². The monoisotopic (exact) mass is 421 g/mol. The third-order valence-corrected chi connectivity index (χ3v) is 4.80. The minimum Gasteiger partial charge on any atom is -0.332 e. The number of pyridine rings is 1. The van der Waals surface area contributed by atoms with Crippen LogP contribution in [-0.2, 0) is 6.54 Å². The number of carbonyl (C=O) groups is 1. The van der Waals surface area contributed by atoms with Gasteiger partial charge in [-0.3, -0.25) is 9.59 Å². The maximum atomic E-state index is 13.0. The molecule has 2 aromatic carbocycles. The average molecular weight is 422 g/mol. The number of amides is 1. The molecule has 4 rings (SSSR count). The summed E-state index contributed by atoms with van der Waals surface area (Å²) in [6.45, 7) is 0.561. The summed E-state index contributed by atoms with van der Waals surface area (Å²) in [5.74, 6) is -0.328. The molecule has 4 aromatic rings. The number of hydrogen-bond donors (Lipinski definition) is 2. The second-order valence-electron chi connectivity index (χ2n) is 6.17. The zero-order valence-electron chi connectivity index (χ0n) is 14.3. The first kappa shape index (κ1) is 17.3. The van der Waals surface area contributed by atoms with Crippen LogP contribution in [0.15, 0.2) is 82.2 Å². The quantitative estimate of drug-likeness (QED) is 0.512. The highest BCUT2D eigenvalue weighted by atomic mass is 79.9. The lowest BCUT2D eigenvalue weighted by Gasteiger charge is -2.11. The molecule has 0 saturated heterocycles. The molecule has 2 N–H and O–H groups in total. The number of H-pyrrole nitrogens is 1. The lowest BCUT2D eigenvalue weighted by atomic mass is 10.2. The molecule has 134 valence electrons. The van der Waals surface area contributed by atoms with Crippen molar-refractivity contribution in [3.05, 3.63) is 99.0 Å². The van der Waals surface area contributed by atoms with E-state index < -0.39 is 0 Å². The summed E-state index contributed by atoms with van der Waals surface area (Å²) in [6, 6.07) is 21.2. The van der Waals surface area contributed by atoms with Gasteiger partial charge in [-0.25, -0.2) is 0 Å². The highest BCUT2D eigenvalue weighted by Crippen LogP contribution is 2.22. The van der Waals surface area contributed by atoms with Crippen LogP contribution in [0.2, 0.25) is 0 Å². The van der Waals surface area contributed by atoms with Gasteiger partial charge in [-0.15, -0.1) is 0 Å². The number of benzene rings is 2. The average Bonchev–Trinajstić information content (AvgIpc) is 3.04. The molecule has 0 saturated carbocycles. The summed E-state index contributed by atoms with van der Waals surface area (Å²) in [7, 11) is 0. The molecule has 27 heavy (non-hydrogen) atoms. The molecule has 0 spiro atoms. The number of halogens is 1. The number of nitrogens with zero attached hydrogens (tertiary/aromatic N) is 1. The molecule has 5 nitrogen and oxygen atoms in total. The first-order valence-corrected chi connectivity index (χ1v) is 9.23. The van der Waals surface area contributed by atoms with E-state index in [1.165, 1.54) is 6.20 Å². The van der Waals surface area contributed by atoms with Crippen LogP contribution in [0.5, 0.6) is 0 Å². The third kappa shape index (κ3) is 3.57. The van der Waals surface area contributed by atoms with Crippen LogP contribution < -0.4 is 10.9 Å². The fourth-order valence-corrected chi connectivity index (χ4v) is 3.41. The van der Waals surface area contributed by atoms with E-state index in [0.29, 0.717) is 16.7 Å². The maximum absolute atomic E-state index is 13.0. The number of anilines is 1. The predicted molar refractivity (Wildman–Crippen MR) is 110 cm³/mol. The van der Waals surface area contributed by atoms with Crippen LogP contribution in [0.3, 0.4) is 0 Å². The molecule has 0 radical (unpaired) electrons. The number of aromatic amines is 1. The summed E-state index contributed by atoms with van der Waals surface area (Å²) >= 11 is 3.30. The highest BCUT2D eigenvalue weighted by Gasteiger charge is 2.17. The fraction of sp³-hybridized carbons (Fsp3) is 0.0476. The van der Waals surface area contributed by atoms with E-state index in [1.807, 2.05) is 65.2 Å². The number of carbonyl (C=O) groups excluding carboxylic acids is 1. The summed E-state index contributed by atoms with van der Waals surface area (Å²) in [4.78, 5) is 27.5. The summed E-state index contributed by atoms with van der Waals surface area (Å²) < 4.78 is 2.65. The summed E-state index contributed by atoms with van der Waals surface area (Å²) in [5.41, 5.74) is 2.41. The molecule has 6 heteroatoms. The summed E-state index contributed by atoms with van der Waals surface area (Å²) in [6.07, 6.45) is 1.53. The molecule has 0 fully saturated rings. The molecule has 2 aromatic heterocycles. The molecule has 0 aliphatic carbocycles. The van der Waals surface area contributed by atoms with Crippen LogP contribution in [-0.4, -0.2) is 15.5 Å². The highest BCUT2D eigenvalue weighted by molar-refractivity contribution is 9.10. The normalized spacial score (nSPS) is 10.9. The molecule has 0 atom stereocenters. The molecule has 2 heterocycles. The van der Waals surface area contributed by atoms with Gasteiger partial charge in [0.15, 0.2) is 0 Å². The zero-order valence-corrected chi connectivity index (χ0v) is 15.9. The second kappa shape index (κ2) is 7.25. The molecular formula is C21H16BrN3O2. The lowest BCUT2D eigenvalue weighted by molar-refractivity contribution is 0.101. The molecule has 1 amide bonds. The van der Waals surface area contributed by atoms with Crippen molar-refractivity contribution in [1.29, 1.82) is 0 Å². The van der Waals surface area contributed by atoms with Crippen molar-refractivity contribution in [2.45, 2.75) is 6.54 Å². The van der Waals surface area contributed by atoms with Crippen molar-refractivity contribution >= 4 is 38.4 Å². The fourth-order valence-electron chi connectivity index (χ4n) is 3.07. The minimum atomic E-state index is -0.350. The van der Waals surface area contributed by atoms with Gasteiger partial charge in [0.25, 0.3) is 11.5 Å². The van der Waals surface area contributed by atoms with Gasteiger partial charge in [0.1, 0.15) is 11.4 Å². The van der Waals surface area contributed by atoms with Gasteiger partial charge in [0, 0.05) is 28.1 Å². The molecule has 0 bridgehead atoms. The number of rotatable bonds is 4. The van der Waals surface area contributed by atoms with Gasteiger partial charge in [0.2, 0.25) is 0 Å². The Labute approximate surface area is 163 Å². The Morgan fingerprint density at radius 3 is 2.59 bits per heavy atom. The van der Waals surface area contributed by atoms with E-state index in [2.05, 4.69) is 26.2 Å². The predicted octanol–water partition coefficient (Wildman–Crippen LogP) is 4.39. The second-order valence-corrected chi connectivity index (χ2v) is 7.09. The van der Waals surface area contributed by atoms with Gasteiger partial charge in [-0.1, -0.05) is 48.5 Å². The Bertz CT molecular complexity index is 1180. The van der Waals surface area contributed by atoms with Crippen LogP contribution in [0.1, 0.15) is 16.1 Å². The van der Waals surface area contributed by atoms with Crippen molar-refractivity contribution < 1.29 is 4.79 Å². The SMILES string of the molecule is O=C(Nc1cc(Br)c[nH]c1=O)c1cc2ccccc2n1Cc1ccccc1. The van der Waals surface area contributed by atoms with Crippen molar-refractivity contribution in [2.75, 3.05) is 5.32 Å². The number of hydrogen-bond acceptors (Lipinski definition) is 2. The Balaban J connectivity index is 1.76. The first-order valence-electron chi connectivity index (χ1n) is 8.43. The Morgan fingerprint density at radius 1 is 1.04 bits per heavy atom. The standard InChI is InChI=1S/C21H16BrN3O2/c22-16-11-17(20(26)23-12-16)24-21(27)19-10-15-8-4-5-9-18(15)25(19)13-14-6-2-1-3-7-14/h1-12H,13H2,(H,23,26)(H,24,27). The van der Waals surface area contributed by atoms with E-state index in [0.717, 1.165) is 16.5 Å². The smallest absolute Gasteiger partial charge is 0.272 e. The number of nitrogens with one attached hydrogen (secondary N) is 2. The van der Waals surface area contributed by atoms with Crippen LogP contribution in [0, 0.1) is 0 Å². The van der Waals surface area contributed by atoms with Gasteiger partial charge in [-0.05, 0) is 39.7 Å². The van der Waals surface area contributed by atoms with E-state index >= 15 is 0 Å². The zero-order chi connectivity index (χ0) is 18.8. The number of para-hydroxylation sites is 1. The Hall–Kier alpha value is -3.12. The topological polar surface area (TPSA) is 66.9 Å². The third-order valence-electron chi connectivity index (χ3n) is 4.34. The molecule has 0 aliphatic rings. The summed E-state index contributed by atoms with van der Waals surface area (Å²) in [5, 5.41) is 3.69. The van der Waals surface area contributed by atoms with Gasteiger partial charge < -0.3 is 14.9 Å². The molecular weight excluding hydrogens is 406 g/mol. The van der Waals surface area contributed by atoms with E-state index in [-0.39, 0.29) is 17.2 Å². The Morgan fingerprint density at radius 2 is 1.78 bits per heavy atom. The van der Waals surface area contributed by atoms with Crippen molar-refractivity contribution in [3.8, 4) is 0 Å². The van der Waals surface area contributed by atoms with Crippen molar-refractivity contribution in [2.24, 2.45) is 0 Å². The minimum absolute atomic E-state index is 0.200. The Kier molecular flexibility index (Phi) is 4.64. The van der Waals surface area contributed by atoms with Crippen LogP contribution in [0.25, 0.3) is 10.9 Å². The van der Waals surface area contributed by atoms with Crippen LogP contribution >= 0.6 is 15.9 Å². The largest absolute Gasteiger partial charge is 0.332 e. The van der Waals surface area contributed by atoms with Gasteiger partial charge in [-0.2, -0.15) is 0 Å². The first-order chi connectivity index (χ1) is 13.1. The number of fused-ring (bicyclic) bond motifs is 1. The maximum Gasteiger partial charge on any atom is 0.272 e. The molecule has 0 unspecified atom stereocenters. The van der Waals surface area contributed by atoms with Gasteiger partial charge >= 0.3 is 0 Å². The molecule has 0 aliphatic heterocycles.